The van der Waals surface area contributed by atoms with Gasteiger partial charge in [-0.05, 0) is 53.9 Å². The van der Waals surface area contributed by atoms with Crippen molar-refractivity contribution < 1.29 is 9.18 Å². The van der Waals surface area contributed by atoms with Crippen LogP contribution in [0.2, 0.25) is 5.02 Å². The lowest BCUT2D eigenvalue weighted by molar-refractivity contribution is 0.0997. The number of nitrogens with zero attached hydrogens (tertiary/aromatic N) is 2. The number of amides is 1. The minimum Gasteiger partial charge on any atom is -0.267 e. The zero-order valence-electron chi connectivity index (χ0n) is 12.5. The fraction of sp³-hybridized carbons (Fsp3) is 0.188. The molecular weight excluding hydrogens is 353 g/mol. The molecule has 1 N–H and O–H groups in total. The maximum Gasteiger partial charge on any atom is 0.337 e. The van der Waals surface area contributed by atoms with Crippen LogP contribution in [-0.4, -0.2) is 14.8 Å². The second kappa shape index (κ2) is 7.11. The highest BCUT2D eigenvalue weighted by Gasteiger charge is 2.11. The zero-order chi connectivity index (χ0) is 17.1. The molecule has 1 amide bonds. The van der Waals surface area contributed by atoms with Crippen molar-refractivity contribution in [2.45, 2.75) is 19.4 Å². The molecule has 1 aromatic carbocycles. The van der Waals surface area contributed by atoms with Crippen LogP contribution in [-0.2, 0) is 6.54 Å². The number of H-pyrrole nitrogens is 1. The van der Waals surface area contributed by atoms with E-state index in [2.05, 4.69) is 9.37 Å². The summed E-state index contributed by atoms with van der Waals surface area (Å²) < 4.78 is 17.0. The van der Waals surface area contributed by atoms with Gasteiger partial charge in [-0.3, -0.25) is 13.7 Å². The summed E-state index contributed by atoms with van der Waals surface area (Å²) in [6.45, 7) is 0.273. The highest BCUT2D eigenvalue weighted by Crippen LogP contribution is 2.19. The van der Waals surface area contributed by atoms with Gasteiger partial charge in [-0.2, -0.15) is 4.99 Å². The van der Waals surface area contributed by atoms with Gasteiger partial charge in [-0.25, -0.2) is 9.18 Å². The molecule has 0 saturated heterocycles. The van der Waals surface area contributed by atoms with Crippen molar-refractivity contribution in [2.75, 3.05) is 0 Å². The Labute approximate surface area is 145 Å². The van der Waals surface area contributed by atoms with Crippen molar-refractivity contribution >= 4 is 29.0 Å². The summed E-state index contributed by atoms with van der Waals surface area (Å²) in [5.41, 5.74) is 0.938. The molecule has 2 aromatic rings. The molecular formula is C16H13ClFN3O2S. The Hall–Kier alpha value is -2.25. The van der Waals surface area contributed by atoms with E-state index in [-0.39, 0.29) is 22.9 Å². The predicted octanol–water partition coefficient (Wildman–Crippen LogP) is 3.21. The van der Waals surface area contributed by atoms with Crippen LogP contribution in [0.4, 0.5) is 4.39 Å². The number of hydrogen-bond donors (Lipinski definition) is 1. The summed E-state index contributed by atoms with van der Waals surface area (Å²) in [5.74, 6) is -0.634. The number of benzene rings is 1. The molecule has 0 saturated carbocycles. The lowest BCUT2D eigenvalue weighted by atomic mass is 10.0. The monoisotopic (exact) mass is 365 g/mol. The number of carbonyl (C=O) groups is 1. The van der Waals surface area contributed by atoms with E-state index < -0.39 is 5.91 Å². The first-order valence-corrected chi connectivity index (χ1v) is 8.39. The van der Waals surface area contributed by atoms with E-state index in [1.54, 1.807) is 30.3 Å². The molecule has 1 aromatic heterocycles. The highest BCUT2D eigenvalue weighted by molar-refractivity contribution is 7.02. The van der Waals surface area contributed by atoms with Crippen molar-refractivity contribution in [1.82, 2.24) is 8.94 Å². The fourth-order valence-corrected chi connectivity index (χ4v) is 3.04. The largest absolute Gasteiger partial charge is 0.337 e. The quantitative estimate of drug-likeness (QED) is 0.907. The van der Waals surface area contributed by atoms with Crippen molar-refractivity contribution in [1.29, 1.82) is 0 Å². The number of hydrogen-bond acceptors (Lipinski definition) is 3. The molecule has 0 bridgehead atoms. The highest BCUT2D eigenvalue weighted by atomic mass is 35.5. The second-order valence-electron chi connectivity index (χ2n) is 5.24. The van der Waals surface area contributed by atoms with E-state index in [1.165, 1.54) is 10.6 Å². The minimum absolute atomic E-state index is 0.175. The van der Waals surface area contributed by atoms with Gasteiger partial charge >= 0.3 is 5.69 Å². The molecule has 0 spiro atoms. The Morgan fingerprint density at radius 3 is 2.71 bits per heavy atom. The molecule has 0 radical (unpaired) electrons. The Morgan fingerprint density at radius 1 is 1.29 bits per heavy atom. The van der Waals surface area contributed by atoms with Gasteiger partial charge in [0.25, 0.3) is 5.91 Å². The Kier molecular flexibility index (Phi) is 4.92. The standard InChI is InChI=1S/C16H13ClFN3O2S/c17-12-5-3-11(4-6-12)14(22)19-16-21(15(23)20-24-16)9-10-1-7-13(18)8-2-10/h1,3-7H,2,8-9H2,(H,20,23). The van der Waals surface area contributed by atoms with E-state index in [9.17, 15) is 14.0 Å². The first kappa shape index (κ1) is 16.6. The molecule has 8 heteroatoms. The molecule has 1 heterocycles. The number of nitrogens with one attached hydrogen (secondary N) is 1. The SMILES string of the molecule is O=C(N=c1s[nH]c(=O)n1CC1=CC=C(F)CC1)c1ccc(Cl)cc1. The maximum atomic E-state index is 13.1. The molecule has 5 nitrogen and oxygen atoms in total. The van der Waals surface area contributed by atoms with Crippen molar-refractivity contribution in [2.24, 2.45) is 4.99 Å². The summed E-state index contributed by atoms with van der Waals surface area (Å²) in [7, 11) is 0. The van der Waals surface area contributed by atoms with E-state index in [4.69, 9.17) is 11.6 Å². The molecule has 1 aliphatic rings. The molecule has 3 rings (SSSR count). The van der Waals surface area contributed by atoms with Crippen LogP contribution in [0.25, 0.3) is 0 Å². The van der Waals surface area contributed by atoms with Crippen LogP contribution in [0.5, 0.6) is 0 Å². The fourth-order valence-electron chi connectivity index (χ4n) is 2.24. The maximum absolute atomic E-state index is 13.1. The molecule has 0 aliphatic heterocycles. The molecule has 0 unspecified atom stereocenters. The molecule has 1 aliphatic carbocycles. The lowest BCUT2D eigenvalue weighted by Crippen LogP contribution is -2.28. The summed E-state index contributed by atoms with van der Waals surface area (Å²) in [6.07, 6.45) is 3.92. The summed E-state index contributed by atoms with van der Waals surface area (Å²) in [6, 6.07) is 6.35. The number of carbonyl (C=O) groups excluding carboxylic acids is 1. The average Bonchev–Trinajstić information content (AvgIpc) is 2.90. The van der Waals surface area contributed by atoms with Gasteiger partial charge in [-0.1, -0.05) is 17.7 Å². The normalized spacial score (nSPS) is 15.2. The average molecular weight is 366 g/mol. The van der Waals surface area contributed by atoms with Gasteiger partial charge in [0.2, 0.25) is 4.80 Å². The van der Waals surface area contributed by atoms with E-state index in [0.29, 0.717) is 23.4 Å². The third kappa shape index (κ3) is 3.80. The van der Waals surface area contributed by atoms with Crippen LogP contribution in [0.15, 0.2) is 57.6 Å². The molecule has 0 atom stereocenters. The van der Waals surface area contributed by atoms with E-state index >= 15 is 0 Å². The Bertz CT molecular complexity index is 951. The Morgan fingerprint density at radius 2 is 2.04 bits per heavy atom. The smallest absolute Gasteiger partial charge is 0.267 e. The van der Waals surface area contributed by atoms with Crippen LogP contribution < -0.4 is 10.5 Å². The topological polar surface area (TPSA) is 67.2 Å². The van der Waals surface area contributed by atoms with Gasteiger partial charge in [-0.15, -0.1) is 0 Å². The van der Waals surface area contributed by atoms with E-state index in [1.807, 2.05) is 0 Å². The number of aromatic amines is 1. The summed E-state index contributed by atoms with van der Waals surface area (Å²) in [4.78, 5) is 28.5. The second-order valence-corrected chi connectivity index (χ2v) is 6.45. The first-order chi connectivity index (χ1) is 11.5. The van der Waals surface area contributed by atoms with Crippen LogP contribution in [0, 0.1) is 0 Å². The molecule has 24 heavy (non-hydrogen) atoms. The lowest BCUT2D eigenvalue weighted by Gasteiger charge is -2.10. The number of aromatic nitrogens is 2. The van der Waals surface area contributed by atoms with Gasteiger partial charge in [0, 0.05) is 17.0 Å². The summed E-state index contributed by atoms with van der Waals surface area (Å²) >= 11 is 6.78. The third-order valence-electron chi connectivity index (χ3n) is 3.54. The number of allylic oxidation sites excluding steroid dienone is 4. The third-order valence-corrected chi connectivity index (χ3v) is 4.56. The van der Waals surface area contributed by atoms with Crippen LogP contribution in [0.3, 0.4) is 0 Å². The first-order valence-electron chi connectivity index (χ1n) is 7.20. The van der Waals surface area contributed by atoms with Gasteiger partial charge < -0.3 is 0 Å². The van der Waals surface area contributed by atoms with Crippen LogP contribution >= 0.6 is 23.1 Å². The molecule has 124 valence electrons. The van der Waals surface area contributed by atoms with Crippen molar-refractivity contribution in [3.63, 3.8) is 0 Å². The predicted molar refractivity (Wildman–Crippen MR) is 90.8 cm³/mol. The number of halogens is 2. The minimum atomic E-state index is -0.459. The van der Waals surface area contributed by atoms with Crippen molar-refractivity contribution in [3.05, 3.63) is 73.7 Å². The van der Waals surface area contributed by atoms with E-state index in [0.717, 1.165) is 17.1 Å². The summed E-state index contributed by atoms with van der Waals surface area (Å²) in [5, 5.41) is 0.525. The zero-order valence-corrected chi connectivity index (χ0v) is 14.0. The van der Waals surface area contributed by atoms with Gasteiger partial charge in [0.05, 0.1) is 6.54 Å². The van der Waals surface area contributed by atoms with Gasteiger partial charge in [0.15, 0.2) is 0 Å². The van der Waals surface area contributed by atoms with Crippen molar-refractivity contribution in [3.8, 4) is 0 Å². The number of rotatable bonds is 3. The molecule has 0 fully saturated rings. The Balaban J connectivity index is 1.91. The van der Waals surface area contributed by atoms with Gasteiger partial charge in [0.1, 0.15) is 5.83 Å². The van der Waals surface area contributed by atoms with Crippen LogP contribution in [0.1, 0.15) is 23.2 Å².